The van der Waals surface area contributed by atoms with Gasteiger partial charge in [0.25, 0.3) is 5.91 Å². The molecule has 0 aromatic rings. The summed E-state index contributed by atoms with van der Waals surface area (Å²) in [5, 5.41) is 2.33. The topological polar surface area (TPSA) is 93.4 Å². The second-order valence-corrected chi connectivity index (χ2v) is 4.12. The van der Waals surface area contributed by atoms with Gasteiger partial charge in [0, 0.05) is 6.42 Å². The van der Waals surface area contributed by atoms with Gasteiger partial charge in [0.1, 0.15) is 11.6 Å². The molecule has 6 nitrogen and oxygen atoms in total. The van der Waals surface area contributed by atoms with E-state index in [-0.39, 0.29) is 6.42 Å². The molecule has 1 atom stereocenters. The minimum Gasteiger partial charge on any atom is -0.444 e. The molecule has 0 fully saturated rings. The Balaban J connectivity index is 4.36. The number of nitrogens with two attached hydrogens (primary N) is 1. The molecule has 2 amide bonds. The van der Waals surface area contributed by atoms with E-state index in [1.165, 1.54) is 0 Å². The van der Waals surface area contributed by atoms with Crippen molar-refractivity contribution in [3.63, 3.8) is 0 Å². The largest absolute Gasteiger partial charge is 0.444 e. The van der Waals surface area contributed by atoms with E-state index in [1.54, 1.807) is 20.8 Å². The summed E-state index contributed by atoms with van der Waals surface area (Å²) in [6, 6.07) is -0.884. The van der Waals surface area contributed by atoms with E-state index >= 15 is 0 Å². The molecule has 0 spiro atoms. The number of nitrogens with one attached hydrogen (secondary N) is 2. The van der Waals surface area contributed by atoms with Crippen LogP contribution in [0.5, 0.6) is 0 Å². The van der Waals surface area contributed by atoms with Crippen LogP contribution in [0.1, 0.15) is 27.2 Å². The third kappa shape index (κ3) is 5.88. The normalized spacial score (nSPS) is 12.2. The molecule has 0 aliphatic rings. The van der Waals surface area contributed by atoms with E-state index in [1.807, 2.05) is 5.43 Å². The number of terminal acetylenes is 1. The number of hydrogen-bond donors (Lipinski definition) is 3. The minimum atomic E-state index is -0.884. The summed E-state index contributed by atoms with van der Waals surface area (Å²) < 4.78 is 4.97. The summed E-state index contributed by atoms with van der Waals surface area (Å²) in [5.41, 5.74) is 1.28. The number of hydrazine groups is 1. The first-order valence-electron chi connectivity index (χ1n) is 4.73. The highest BCUT2D eigenvalue weighted by atomic mass is 16.6. The fourth-order valence-corrected chi connectivity index (χ4v) is 0.878. The van der Waals surface area contributed by atoms with Crippen LogP contribution in [0.4, 0.5) is 4.79 Å². The van der Waals surface area contributed by atoms with E-state index in [2.05, 4.69) is 11.2 Å². The molecule has 90 valence electrons. The highest BCUT2D eigenvalue weighted by Crippen LogP contribution is 2.07. The number of alkyl carbamates (subject to hydrolysis) is 1. The zero-order valence-electron chi connectivity index (χ0n) is 9.66. The van der Waals surface area contributed by atoms with Gasteiger partial charge in [-0.3, -0.25) is 10.2 Å². The second kappa shape index (κ2) is 5.98. The van der Waals surface area contributed by atoms with Crippen molar-refractivity contribution in [2.75, 3.05) is 0 Å². The Morgan fingerprint density at radius 1 is 1.50 bits per heavy atom. The third-order valence-electron chi connectivity index (χ3n) is 1.47. The van der Waals surface area contributed by atoms with Crippen LogP contribution in [0, 0.1) is 12.3 Å². The van der Waals surface area contributed by atoms with Gasteiger partial charge in [0.2, 0.25) is 0 Å². The maximum Gasteiger partial charge on any atom is 0.408 e. The molecule has 4 N–H and O–H groups in total. The first-order chi connectivity index (χ1) is 7.30. The Morgan fingerprint density at radius 3 is 2.44 bits per heavy atom. The Labute approximate surface area is 94.9 Å². The Kier molecular flexibility index (Phi) is 5.33. The predicted molar refractivity (Wildman–Crippen MR) is 58.9 cm³/mol. The Hall–Kier alpha value is -1.74. The SMILES string of the molecule is C#CC[C@@H](NC(=O)OC(C)(C)C)C(=O)NN. The number of hydrogen-bond acceptors (Lipinski definition) is 4. The average Bonchev–Trinajstić information content (AvgIpc) is 2.13. The van der Waals surface area contributed by atoms with Crippen molar-refractivity contribution in [3.8, 4) is 12.3 Å². The van der Waals surface area contributed by atoms with Gasteiger partial charge < -0.3 is 10.1 Å². The number of carbonyl (C=O) groups excluding carboxylic acids is 2. The number of carbonyl (C=O) groups is 2. The number of rotatable bonds is 3. The van der Waals surface area contributed by atoms with Gasteiger partial charge in [-0.15, -0.1) is 12.3 Å². The molecule has 16 heavy (non-hydrogen) atoms. The van der Waals surface area contributed by atoms with Gasteiger partial charge in [-0.1, -0.05) is 0 Å². The molecule has 0 radical (unpaired) electrons. The highest BCUT2D eigenvalue weighted by Gasteiger charge is 2.22. The number of amides is 2. The van der Waals surface area contributed by atoms with Crippen LogP contribution in [0.2, 0.25) is 0 Å². The molecule has 6 heteroatoms. The molecule has 0 heterocycles. The third-order valence-corrected chi connectivity index (χ3v) is 1.47. The lowest BCUT2D eigenvalue weighted by atomic mass is 10.2. The lowest BCUT2D eigenvalue weighted by Crippen LogP contribution is -2.49. The van der Waals surface area contributed by atoms with Crippen molar-refractivity contribution in [1.29, 1.82) is 0 Å². The molecule has 0 aromatic carbocycles. The standard InChI is InChI=1S/C10H17N3O3/c1-5-6-7(8(14)13-11)12-9(15)16-10(2,3)4/h1,7H,6,11H2,2-4H3,(H,12,15)(H,13,14)/t7-/m1/s1. The van der Waals surface area contributed by atoms with Crippen LogP contribution in [-0.2, 0) is 9.53 Å². The lowest BCUT2D eigenvalue weighted by Gasteiger charge is -2.22. The van der Waals surface area contributed by atoms with Crippen LogP contribution < -0.4 is 16.6 Å². The zero-order valence-corrected chi connectivity index (χ0v) is 9.66. The molecule has 0 aromatic heterocycles. The van der Waals surface area contributed by atoms with Gasteiger partial charge in [-0.25, -0.2) is 10.6 Å². The van der Waals surface area contributed by atoms with Crippen molar-refractivity contribution in [3.05, 3.63) is 0 Å². The summed E-state index contributed by atoms with van der Waals surface area (Å²) in [6.07, 6.45) is 4.39. The maximum absolute atomic E-state index is 11.3. The van der Waals surface area contributed by atoms with Crippen LogP contribution in [0.15, 0.2) is 0 Å². The van der Waals surface area contributed by atoms with Gasteiger partial charge >= 0.3 is 6.09 Å². The Bertz CT molecular complexity index is 301. The summed E-state index contributed by atoms with van der Waals surface area (Å²) in [5.74, 6) is 6.64. The van der Waals surface area contributed by atoms with Gasteiger partial charge in [-0.2, -0.15) is 0 Å². The minimum absolute atomic E-state index is 0.0439. The molecule has 0 aliphatic carbocycles. The summed E-state index contributed by atoms with van der Waals surface area (Å²) in [4.78, 5) is 22.5. The van der Waals surface area contributed by atoms with Crippen molar-refractivity contribution in [2.45, 2.75) is 38.8 Å². The van der Waals surface area contributed by atoms with E-state index in [4.69, 9.17) is 17.0 Å². The first-order valence-corrected chi connectivity index (χ1v) is 4.73. The summed E-state index contributed by atoms with van der Waals surface area (Å²) in [6.45, 7) is 5.14. The van der Waals surface area contributed by atoms with E-state index in [0.717, 1.165) is 0 Å². The molecule has 0 unspecified atom stereocenters. The van der Waals surface area contributed by atoms with Gasteiger partial charge in [0.05, 0.1) is 0 Å². The van der Waals surface area contributed by atoms with Crippen molar-refractivity contribution < 1.29 is 14.3 Å². The van der Waals surface area contributed by atoms with E-state index in [9.17, 15) is 9.59 Å². The second-order valence-electron chi connectivity index (χ2n) is 4.12. The smallest absolute Gasteiger partial charge is 0.408 e. The molecule has 0 saturated carbocycles. The van der Waals surface area contributed by atoms with Crippen molar-refractivity contribution >= 4 is 12.0 Å². The van der Waals surface area contributed by atoms with Crippen LogP contribution in [-0.4, -0.2) is 23.6 Å². The van der Waals surface area contributed by atoms with Gasteiger partial charge in [-0.05, 0) is 20.8 Å². The van der Waals surface area contributed by atoms with Crippen LogP contribution in [0.25, 0.3) is 0 Å². The number of ether oxygens (including phenoxy) is 1. The van der Waals surface area contributed by atoms with Crippen LogP contribution >= 0.6 is 0 Å². The molecule has 0 aliphatic heterocycles. The van der Waals surface area contributed by atoms with E-state index < -0.39 is 23.6 Å². The molecule has 0 saturated heterocycles. The highest BCUT2D eigenvalue weighted by molar-refractivity contribution is 5.85. The fraction of sp³-hybridized carbons (Fsp3) is 0.600. The zero-order chi connectivity index (χ0) is 12.8. The molecule has 0 rings (SSSR count). The predicted octanol–water partition coefficient (Wildman–Crippen LogP) is -0.107. The Morgan fingerprint density at radius 2 is 2.06 bits per heavy atom. The van der Waals surface area contributed by atoms with Crippen LogP contribution in [0.3, 0.4) is 0 Å². The fourth-order valence-electron chi connectivity index (χ4n) is 0.878. The first kappa shape index (κ1) is 14.3. The van der Waals surface area contributed by atoms with Gasteiger partial charge in [0.15, 0.2) is 0 Å². The quantitative estimate of drug-likeness (QED) is 0.271. The maximum atomic E-state index is 11.3. The average molecular weight is 227 g/mol. The molecular weight excluding hydrogens is 210 g/mol. The van der Waals surface area contributed by atoms with Crippen molar-refractivity contribution in [2.24, 2.45) is 5.84 Å². The molecule has 0 bridgehead atoms. The lowest BCUT2D eigenvalue weighted by molar-refractivity contribution is -0.123. The monoisotopic (exact) mass is 227 g/mol. The summed E-state index contributed by atoms with van der Waals surface area (Å²) >= 11 is 0. The molecular formula is C10H17N3O3. The summed E-state index contributed by atoms with van der Waals surface area (Å²) in [7, 11) is 0. The van der Waals surface area contributed by atoms with Crippen molar-refractivity contribution in [1.82, 2.24) is 10.7 Å². The van der Waals surface area contributed by atoms with E-state index in [0.29, 0.717) is 0 Å².